The minimum absolute atomic E-state index is 0.332. The molecule has 0 atom stereocenters. The van der Waals surface area contributed by atoms with Crippen LogP contribution in [0.15, 0.2) is 24.5 Å². The highest BCUT2D eigenvalue weighted by Crippen LogP contribution is 2.38. The monoisotopic (exact) mass is 277 g/mol. The average molecular weight is 277 g/mol. The van der Waals surface area contributed by atoms with Crippen molar-refractivity contribution in [3.8, 4) is 17.2 Å². The van der Waals surface area contributed by atoms with E-state index in [1.54, 1.807) is 20.4 Å². The average Bonchev–Trinajstić information content (AvgIpc) is 2.89. The zero-order valence-electron chi connectivity index (χ0n) is 11.9. The standard InChI is InChI=1S/C14H19N3O3/c1-17-5-4-16-13(17)9-20-14-11(18-2)6-10(8-15)7-12(14)19-3/h4-7H,8-9,15H2,1-3H3. The minimum Gasteiger partial charge on any atom is -0.493 e. The Balaban J connectivity index is 2.27. The molecule has 108 valence electrons. The van der Waals surface area contributed by atoms with Gasteiger partial charge in [-0.2, -0.15) is 0 Å². The normalized spacial score (nSPS) is 10.4. The fraction of sp³-hybridized carbons (Fsp3) is 0.357. The van der Waals surface area contributed by atoms with Crippen LogP contribution < -0.4 is 19.9 Å². The number of aryl methyl sites for hydroxylation is 1. The molecule has 6 heteroatoms. The molecule has 2 N–H and O–H groups in total. The minimum atomic E-state index is 0.332. The topological polar surface area (TPSA) is 71.5 Å². The summed E-state index contributed by atoms with van der Waals surface area (Å²) in [6, 6.07) is 3.69. The van der Waals surface area contributed by atoms with Crippen molar-refractivity contribution in [1.82, 2.24) is 9.55 Å². The number of aromatic nitrogens is 2. The number of hydrogen-bond acceptors (Lipinski definition) is 5. The lowest BCUT2D eigenvalue weighted by atomic mass is 10.2. The molecule has 1 aromatic heterocycles. The highest BCUT2D eigenvalue weighted by molar-refractivity contribution is 5.53. The second-order valence-corrected chi connectivity index (χ2v) is 4.28. The number of nitrogens with zero attached hydrogens (tertiary/aromatic N) is 2. The Kier molecular flexibility index (Phi) is 4.47. The van der Waals surface area contributed by atoms with E-state index in [1.807, 2.05) is 29.9 Å². The van der Waals surface area contributed by atoms with Crippen LogP contribution in [0.25, 0.3) is 0 Å². The molecule has 0 aliphatic rings. The second-order valence-electron chi connectivity index (χ2n) is 4.28. The zero-order chi connectivity index (χ0) is 14.5. The van der Waals surface area contributed by atoms with Crippen LogP contribution in [0.4, 0.5) is 0 Å². The molecule has 0 bridgehead atoms. The Morgan fingerprint density at radius 2 is 1.85 bits per heavy atom. The summed E-state index contributed by atoms with van der Waals surface area (Å²) in [6.07, 6.45) is 3.59. The Bertz CT molecular complexity index is 556. The van der Waals surface area contributed by atoms with Gasteiger partial charge < -0.3 is 24.5 Å². The maximum atomic E-state index is 5.80. The maximum Gasteiger partial charge on any atom is 0.204 e. The maximum absolute atomic E-state index is 5.80. The molecule has 20 heavy (non-hydrogen) atoms. The van der Waals surface area contributed by atoms with Crippen molar-refractivity contribution in [2.24, 2.45) is 12.8 Å². The summed E-state index contributed by atoms with van der Waals surface area (Å²) in [4.78, 5) is 4.21. The second kappa shape index (κ2) is 6.29. The highest BCUT2D eigenvalue weighted by Gasteiger charge is 2.14. The van der Waals surface area contributed by atoms with Crippen LogP contribution in [0.2, 0.25) is 0 Å². The van der Waals surface area contributed by atoms with Crippen LogP contribution in [0.3, 0.4) is 0 Å². The van der Waals surface area contributed by atoms with Crippen molar-refractivity contribution < 1.29 is 14.2 Å². The van der Waals surface area contributed by atoms with Gasteiger partial charge in [0.25, 0.3) is 0 Å². The quantitative estimate of drug-likeness (QED) is 0.865. The Morgan fingerprint density at radius 1 is 1.20 bits per heavy atom. The first-order valence-electron chi connectivity index (χ1n) is 6.23. The molecular weight excluding hydrogens is 258 g/mol. The molecule has 2 rings (SSSR count). The number of imidazole rings is 1. The van der Waals surface area contributed by atoms with Crippen LogP contribution >= 0.6 is 0 Å². The summed E-state index contributed by atoms with van der Waals surface area (Å²) in [6.45, 7) is 0.741. The highest BCUT2D eigenvalue weighted by atomic mass is 16.5. The van der Waals surface area contributed by atoms with E-state index in [0.717, 1.165) is 11.4 Å². The van der Waals surface area contributed by atoms with Gasteiger partial charge in [-0.05, 0) is 17.7 Å². The zero-order valence-corrected chi connectivity index (χ0v) is 11.9. The van der Waals surface area contributed by atoms with Gasteiger partial charge in [0.05, 0.1) is 14.2 Å². The third-order valence-electron chi connectivity index (χ3n) is 3.02. The van der Waals surface area contributed by atoms with Crippen molar-refractivity contribution in [1.29, 1.82) is 0 Å². The van der Waals surface area contributed by atoms with E-state index < -0.39 is 0 Å². The SMILES string of the molecule is COc1cc(CN)cc(OC)c1OCc1nccn1C. The Labute approximate surface area is 118 Å². The molecule has 0 spiro atoms. The first-order valence-corrected chi connectivity index (χ1v) is 6.23. The van der Waals surface area contributed by atoms with E-state index in [-0.39, 0.29) is 0 Å². The number of methoxy groups -OCH3 is 2. The van der Waals surface area contributed by atoms with Gasteiger partial charge in [0, 0.05) is 26.0 Å². The van der Waals surface area contributed by atoms with Crippen molar-refractivity contribution >= 4 is 0 Å². The number of nitrogens with two attached hydrogens (primary N) is 1. The van der Waals surface area contributed by atoms with Gasteiger partial charge in [0.1, 0.15) is 12.4 Å². The molecule has 1 aromatic carbocycles. The van der Waals surface area contributed by atoms with Crippen molar-refractivity contribution in [3.05, 3.63) is 35.9 Å². The van der Waals surface area contributed by atoms with E-state index in [4.69, 9.17) is 19.9 Å². The predicted octanol–water partition coefficient (Wildman–Crippen LogP) is 1.47. The number of ether oxygens (including phenoxy) is 3. The number of rotatable bonds is 6. The lowest BCUT2D eigenvalue weighted by Gasteiger charge is -2.15. The third-order valence-corrected chi connectivity index (χ3v) is 3.02. The van der Waals surface area contributed by atoms with Crippen LogP contribution in [0.5, 0.6) is 17.2 Å². The molecule has 0 aliphatic heterocycles. The van der Waals surface area contributed by atoms with Crippen LogP contribution in [-0.4, -0.2) is 23.8 Å². The molecule has 0 fully saturated rings. The van der Waals surface area contributed by atoms with E-state index in [1.165, 1.54) is 0 Å². The summed E-state index contributed by atoms with van der Waals surface area (Å²) in [5.74, 6) is 2.56. The van der Waals surface area contributed by atoms with Gasteiger partial charge in [-0.25, -0.2) is 4.98 Å². The van der Waals surface area contributed by atoms with Gasteiger partial charge in [0.15, 0.2) is 11.5 Å². The Morgan fingerprint density at radius 3 is 2.30 bits per heavy atom. The van der Waals surface area contributed by atoms with Gasteiger partial charge >= 0.3 is 0 Å². The van der Waals surface area contributed by atoms with E-state index in [0.29, 0.717) is 30.4 Å². The summed E-state index contributed by atoms with van der Waals surface area (Å²) in [5.41, 5.74) is 6.57. The molecule has 6 nitrogen and oxygen atoms in total. The predicted molar refractivity (Wildman–Crippen MR) is 75.0 cm³/mol. The van der Waals surface area contributed by atoms with Gasteiger partial charge in [0.2, 0.25) is 5.75 Å². The fourth-order valence-corrected chi connectivity index (χ4v) is 1.87. The summed E-state index contributed by atoms with van der Waals surface area (Å²) in [5, 5.41) is 0. The van der Waals surface area contributed by atoms with Crippen molar-refractivity contribution in [2.45, 2.75) is 13.2 Å². The third kappa shape index (κ3) is 2.85. The largest absolute Gasteiger partial charge is 0.493 e. The number of benzene rings is 1. The van der Waals surface area contributed by atoms with Crippen molar-refractivity contribution in [3.63, 3.8) is 0 Å². The lowest BCUT2D eigenvalue weighted by molar-refractivity contribution is 0.256. The van der Waals surface area contributed by atoms with Crippen molar-refractivity contribution in [2.75, 3.05) is 14.2 Å². The van der Waals surface area contributed by atoms with Crippen LogP contribution in [0, 0.1) is 0 Å². The molecule has 0 amide bonds. The summed E-state index contributed by atoms with van der Waals surface area (Å²) < 4.78 is 18.4. The van der Waals surface area contributed by atoms with E-state index in [9.17, 15) is 0 Å². The molecule has 0 unspecified atom stereocenters. The van der Waals surface area contributed by atoms with Gasteiger partial charge in [-0.1, -0.05) is 0 Å². The van der Waals surface area contributed by atoms with Crippen LogP contribution in [-0.2, 0) is 20.2 Å². The lowest BCUT2D eigenvalue weighted by Crippen LogP contribution is -2.06. The molecule has 0 radical (unpaired) electrons. The Hall–Kier alpha value is -2.21. The van der Waals surface area contributed by atoms with E-state index in [2.05, 4.69) is 4.98 Å². The molecule has 0 aliphatic carbocycles. The van der Waals surface area contributed by atoms with Gasteiger partial charge in [-0.3, -0.25) is 0 Å². The molecule has 1 heterocycles. The first kappa shape index (κ1) is 14.2. The van der Waals surface area contributed by atoms with Crippen LogP contribution in [0.1, 0.15) is 11.4 Å². The van der Waals surface area contributed by atoms with E-state index >= 15 is 0 Å². The number of hydrogen-bond donors (Lipinski definition) is 1. The summed E-state index contributed by atoms with van der Waals surface area (Å²) in [7, 11) is 5.09. The molecule has 0 saturated heterocycles. The smallest absolute Gasteiger partial charge is 0.204 e. The fourth-order valence-electron chi connectivity index (χ4n) is 1.87. The summed E-state index contributed by atoms with van der Waals surface area (Å²) >= 11 is 0. The van der Waals surface area contributed by atoms with Gasteiger partial charge in [-0.15, -0.1) is 0 Å². The molecular formula is C14H19N3O3. The molecule has 2 aromatic rings. The molecule has 0 saturated carbocycles. The first-order chi connectivity index (χ1) is 9.69.